The van der Waals surface area contributed by atoms with E-state index < -0.39 is 0 Å². The summed E-state index contributed by atoms with van der Waals surface area (Å²) in [6, 6.07) is 0. The van der Waals surface area contributed by atoms with Crippen molar-refractivity contribution in [2.24, 2.45) is 0 Å². The second-order valence-corrected chi connectivity index (χ2v) is 1.83. The quantitative estimate of drug-likeness (QED) is 0.321. The summed E-state index contributed by atoms with van der Waals surface area (Å²) in [5.74, 6) is 0. The van der Waals surface area contributed by atoms with Gasteiger partial charge in [-0.1, -0.05) is 10.8 Å². The molecule has 6 heteroatoms. The summed E-state index contributed by atoms with van der Waals surface area (Å²) < 4.78 is 0. The third-order valence-corrected chi connectivity index (χ3v) is 0.953. The second-order valence-electron chi connectivity index (χ2n) is 1.26. The highest BCUT2D eigenvalue weighted by atomic mass is 31.0. The van der Waals surface area contributed by atoms with Crippen molar-refractivity contribution in [3.63, 3.8) is 0 Å². The molecule has 9 heavy (non-hydrogen) atoms. The second kappa shape index (κ2) is 6.35. The van der Waals surface area contributed by atoms with Crippen molar-refractivity contribution in [3.8, 4) is 0 Å². The zero-order valence-electron chi connectivity index (χ0n) is 5.20. The summed E-state index contributed by atoms with van der Waals surface area (Å²) in [6.45, 7) is 0.613. The van der Waals surface area contributed by atoms with E-state index in [1.54, 1.807) is 0 Å². The summed E-state index contributed by atoms with van der Waals surface area (Å²) in [6.07, 6.45) is 0.824. The Kier molecular flexibility index (Phi) is 6.51. The van der Waals surface area contributed by atoms with Gasteiger partial charge in [-0.05, 0) is 6.16 Å². The van der Waals surface area contributed by atoms with E-state index in [1.165, 1.54) is 12.3 Å². The zero-order valence-corrected chi connectivity index (χ0v) is 6.36. The van der Waals surface area contributed by atoms with Gasteiger partial charge in [0.2, 0.25) is 0 Å². The molecule has 0 aliphatic carbocycles. The maximum atomic E-state index is 7.85. The van der Waals surface area contributed by atoms with Crippen molar-refractivity contribution in [3.05, 3.63) is 0 Å². The molecule has 0 radical (unpaired) electrons. The lowest BCUT2D eigenvalue weighted by atomic mass is 10.8. The average Bonchev–Trinajstić information content (AvgIpc) is 1.88. The average molecular weight is 154 g/mol. The Morgan fingerprint density at radius 1 is 1.78 bits per heavy atom. The summed E-state index contributed by atoms with van der Waals surface area (Å²) in [5.41, 5.74) is 2.09. The molecule has 2 N–H and O–H groups in total. The maximum absolute atomic E-state index is 7.85. The molecule has 0 bridgehead atoms. The Bertz CT molecular complexity index is 59.0. The highest BCUT2D eigenvalue weighted by Crippen LogP contribution is 1.85. The van der Waals surface area contributed by atoms with Crippen LogP contribution in [0.5, 0.6) is 0 Å². The first-order chi connectivity index (χ1) is 4.35. The van der Waals surface area contributed by atoms with Crippen LogP contribution in [0, 0.1) is 0 Å². The fourth-order valence-corrected chi connectivity index (χ4v) is 0.571. The predicted molar refractivity (Wildman–Crippen MR) is 35.1 cm³/mol. The molecule has 0 aromatic rings. The summed E-state index contributed by atoms with van der Waals surface area (Å²) in [7, 11) is 3.97. The molecule has 0 fully saturated rings. The van der Waals surface area contributed by atoms with Crippen LogP contribution < -0.4 is 5.59 Å². The first-order valence-electron chi connectivity index (χ1n) is 2.43. The fraction of sp³-hybridized carbons (Fsp3) is 1.00. The minimum atomic E-state index is 0.613. The Balaban J connectivity index is 3.18. The normalized spacial score (nSPS) is 10.7. The van der Waals surface area contributed by atoms with E-state index in [4.69, 9.17) is 5.26 Å². The van der Waals surface area contributed by atoms with Crippen molar-refractivity contribution in [1.29, 1.82) is 0 Å². The third-order valence-electron chi connectivity index (χ3n) is 0.695. The summed E-state index contributed by atoms with van der Waals surface area (Å²) in [4.78, 5) is 8.24. The van der Waals surface area contributed by atoms with E-state index in [0.29, 0.717) is 6.54 Å². The van der Waals surface area contributed by atoms with Crippen LogP contribution in [-0.4, -0.2) is 30.2 Å². The lowest BCUT2D eigenvalue weighted by Gasteiger charge is -2.15. The van der Waals surface area contributed by atoms with Crippen molar-refractivity contribution < 1.29 is 15.1 Å². The lowest BCUT2D eigenvalue weighted by Crippen LogP contribution is -2.37. The van der Waals surface area contributed by atoms with Crippen LogP contribution in [-0.2, 0) is 9.83 Å². The van der Waals surface area contributed by atoms with Crippen LogP contribution in [0.3, 0.4) is 0 Å². The minimum absolute atomic E-state index is 0.613. The van der Waals surface area contributed by atoms with E-state index in [9.17, 15) is 0 Å². The molecule has 0 aromatic carbocycles. The molecule has 0 aliphatic rings. The number of hydrogen-bond acceptors (Lipinski definition) is 5. The number of rotatable bonds is 5. The van der Waals surface area contributed by atoms with E-state index >= 15 is 0 Å². The standard InChI is InChI=1S/C3H11N2O3P/c1-7-5(2-3-9)4-8-6/h4,6H,2-3,9H2,1H3. The molecule has 0 aliphatic heterocycles. The molecule has 0 saturated carbocycles. The van der Waals surface area contributed by atoms with Crippen molar-refractivity contribution in [2.75, 3.05) is 19.8 Å². The van der Waals surface area contributed by atoms with Gasteiger partial charge < -0.3 is 0 Å². The summed E-state index contributed by atoms with van der Waals surface area (Å²) in [5, 5.41) is 9.10. The van der Waals surface area contributed by atoms with Crippen molar-refractivity contribution >= 4 is 9.24 Å². The topological polar surface area (TPSA) is 54.0 Å². The monoisotopic (exact) mass is 154 g/mol. The molecular formula is C3H11N2O3P. The largest absolute Gasteiger partial charge is 0.285 e. The van der Waals surface area contributed by atoms with Gasteiger partial charge in [0.15, 0.2) is 0 Å². The van der Waals surface area contributed by atoms with Gasteiger partial charge in [-0.25, -0.2) is 5.26 Å². The molecule has 0 aromatic heterocycles. The number of nitrogens with one attached hydrogen (secondary N) is 1. The molecular weight excluding hydrogens is 143 g/mol. The highest BCUT2D eigenvalue weighted by molar-refractivity contribution is 7.16. The van der Waals surface area contributed by atoms with Gasteiger partial charge in [0.25, 0.3) is 0 Å². The van der Waals surface area contributed by atoms with Crippen molar-refractivity contribution in [2.45, 2.75) is 0 Å². The Hall–Kier alpha value is 0.230. The Morgan fingerprint density at radius 2 is 2.44 bits per heavy atom. The smallest absolute Gasteiger partial charge is 0.0592 e. The van der Waals surface area contributed by atoms with E-state index in [0.717, 1.165) is 6.16 Å². The minimum Gasteiger partial charge on any atom is -0.285 e. The van der Waals surface area contributed by atoms with Gasteiger partial charge in [-0.2, -0.15) is 0 Å². The van der Waals surface area contributed by atoms with E-state index in [-0.39, 0.29) is 0 Å². The third kappa shape index (κ3) is 4.72. The zero-order chi connectivity index (χ0) is 7.11. The van der Waals surface area contributed by atoms with Crippen LogP contribution in [0.25, 0.3) is 0 Å². The predicted octanol–water partition coefficient (Wildman–Crippen LogP) is -0.366. The number of hydroxylamine groups is 1. The van der Waals surface area contributed by atoms with Crippen LogP contribution in [0.1, 0.15) is 0 Å². The van der Waals surface area contributed by atoms with Crippen LogP contribution in [0.4, 0.5) is 0 Å². The van der Waals surface area contributed by atoms with E-state index in [1.807, 2.05) is 0 Å². The van der Waals surface area contributed by atoms with Crippen molar-refractivity contribution in [1.82, 2.24) is 10.8 Å². The van der Waals surface area contributed by atoms with Gasteiger partial charge in [0, 0.05) is 6.54 Å². The van der Waals surface area contributed by atoms with E-state index in [2.05, 4.69) is 24.7 Å². The number of hydrazine groups is 1. The Morgan fingerprint density at radius 3 is 2.78 bits per heavy atom. The first-order valence-corrected chi connectivity index (χ1v) is 3.24. The molecule has 0 spiro atoms. The SMILES string of the molecule is CON(CCP)NOO. The fourth-order valence-electron chi connectivity index (χ4n) is 0.337. The van der Waals surface area contributed by atoms with Crippen LogP contribution in [0.2, 0.25) is 0 Å². The van der Waals surface area contributed by atoms with Crippen LogP contribution >= 0.6 is 9.24 Å². The highest BCUT2D eigenvalue weighted by Gasteiger charge is 1.97. The molecule has 0 rings (SSSR count). The maximum Gasteiger partial charge on any atom is 0.0592 e. The Labute approximate surface area is 55.9 Å². The van der Waals surface area contributed by atoms with Gasteiger partial charge in [-0.3, -0.25) is 4.84 Å². The molecule has 0 saturated heterocycles. The molecule has 5 nitrogen and oxygen atoms in total. The molecule has 0 amide bonds. The van der Waals surface area contributed by atoms with Gasteiger partial charge >= 0.3 is 0 Å². The van der Waals surface area contributed by atoms with Crippen LogP contribution in [0.15, 0.2) is 0 Å². The van der Waals surface area contributed by atoms with Gasteiger partial charge in [0.05, 0.1) is 7.11 Å². The molecule has 1 unspecified atom stereocenters. The summed E-state index contributed by atoms with van der Waals surface area (Å²) >= 11 is 0. The molecule has 1 atom stereocenters. The first kappa shape index (κ1) is 9.23. The van der Waals surface area contributed by atoms with Gasteiger partial charge in [0.1, 0.15) is 0 Å². The lowest BCUT2D eigenvalue weighted by molar-refractivity contribution is -0.384. The van der Waals surface area contributed by atoms with Gasteiger partial charge in [-0.15, -0.1) is 14.2 Å². The number of hydrogen-bond donors (Lipinski definition) is 2. The number of nitrogens with zero attached hydrogens (tertiary/aromatic N) is 1. The molecule has 0 heterocycles. The molecule has 56 valence electrons.